The van der Waals surface area contributed by atoms with Crippen LogP contribution in [0, 0.1) is 5.82 Å². The van der Waals surface area contributed by atoms with Crippen LogP contribution in [-0.2, 0) is 0 Å². The maximum Gasteiger partial charge on any atom is 0.257 e. The van der Waals surface area contributed by atoms with Crippen LogP contribution in [0.2, 0.25) is 0 Å². The molecule has 0 radical (unpaired) electrons. The Kier molecular flexibility index (Phi) is 5.55. The number of anilines is 1. The van der Waals surface area contributed by atoms with Crippen LogP contribution in [0.1, 0.15) is 36.5 Å². The number of halogens is 1. The highest BCUT2D eigenvalue weighted by atomic mass is 19.1. The molecule has 1 amide bonds. The van der Waals surface area contributed by atoms with Crippen LogP contribution in [0.5, 0.6) is 0 Å². The summed E-state index contributed by atoms with van der Waals surface area (Å²) in [5, 5.41) is 2.80. The minimum atomic E-state index is -0.501. The van der Waals surface area contributed by atoms with Gasteiger partial charge in [0.1, 0.15) is 11.6 Å². The molecule has 4 nitrogen and oxygen atoms in total. The highest BCUT2D eigenvalue weighted by Gasteiger charge is 2.17. The molecule has 0 aliphatic heterocycles. The lowest BCUT2D eigenvalue weighted by molar-refractivity contribution is 0.0793. The fourth-order valence-electron chi connectivity index (χ4n) is 1.71. The molecule has 0 fully saturated rings. The molecule has 0 unspecified atom stereocenters. The summed E-state index contributed by atoms with van der Waals surface area (Å²) in [5.41, 5.74) is 0.275. The second-order valence-electron chi connectivity index (χ2n) is 4.23. The van der Waals surface area contributed by atoms with Gasteiger partial charge in [0.25, 0.3) is 5.91 Å². The van der Waals surface area contributed by atoms with Gasteiger partial charge in [-0.2, -0.15) is 0 Å². The third kappa shape index (κ3) is 3.68. The summed E-state index contributed by atoms with van der Waals surface area (Å²) in [6.45, 7) is 2.78. The average molecular weight is 253 g/mol. The van der Waals surface area contributed by atoms with Gasteiger partial charge in [0.15, 0.2) is 0 Å². The zero-order valence-corrected chi connectivity index (χ0v) is 11.2. The van der Waals surface area contributed by atoms with Gasteiger partial charge in [-0.3, -0.25) is 4.79 Å². The third-order valence-electron chi connectivity index (χ3n) is 2.77. The number of nitrogens with zero attached hydrogens (tertiary/aromatic N) is 2. The smallest absolute Gasteiger partial charge is 0.257 e. The first-order valence-corrected chi connectivity index (χ1v) is 6.19. The van der Waals surface area contributed by atoms with Gasteiger partial charge in [-0.15, -0.1) is 0 Å². The Morgan fingerprint density at radius 3 is 2.83 bits per heavy atom. The minimum absolute atomic E-state index is 0.206. The molecule has 1 aromatic heterocycles. The zero-order valence-electron chi connectivity index (χ0n) is 11.2. The SMILES string of the molecule is CCCCCN(C)C(=O)c1cc(F)cnc1NC. The summed E-state index contributed by atoms with van der Waals surface area (Å²) >= 11 is 0. The number of nitrogens with one attached hydrogen (secondary N) is 1. The monoisotopic (exact) mass is 253 g/mol. The zero-order chi connectivity index (χ0) is 13.5. The second kappa shape index (κ2) is 6.93. The summed E-state index contributed by atoms with van der Waals surface area (Å²) in [5.74, 6) is -0.300. The first-order valence-electron chi connectivity index (χ1n) is 6.19. The van der Waals surface area contributed by atoms with Crippen molar-refractivity contribution in [2.24, 2.45) is 0 Å². The Labute approximate surface area is 107 Å². The van der Waals surface area contributed by atoms with Crippen LogP contribution in [0.4, 0.5) is 10.2 Å². The van der Waals surface area contributed by atoms with E-state index in [0.717, 1.165) is 25.5 Å². The Morgan fingerprint density at radius 2 is 2.22 bits per heavy atom. The van der Waals surface area contributed by atoms with Crippen molar-refractivity contribution < 1.29 is 9.18 Å². The van der Waals surface area contributed by atoms with Crippen molar-refractivity contribution in [3.05, 3.63) is 23.6 Å². The number of aromatic nitrogens is 1. The van der Waals surface area contributed by atoms with Gasteiger partial charge in [-0.05, 0) is 12.5 Å². The molecule has 0 atom stereocenters. The van der Waals surface area contributed by atoms with Gasteiger partial charge in [-0.25, -0.2) is 9.37 Å². The Bertz CT molecular complexity index is 409. The largest absolute Gasteiger partial charge is 0.372 e. The molecular weight excluding hydrogens is 233 g/mol. The number of hydrogen-bond donors (Lipinski definition) is 1. The molecule has 0 aliphatic rings. The summed E-state index contributed by atoms with van der Waals surface area (Å²) in [6, 6.07) is 1.22. The van der Waals surface area contributed by atoms with Crippen LogP contribution in [-0.4, -0.2) is 36.4 Å². The molecule has 0 bridgehead atoms. The summed E-state index contributed by atoms with van der Waals surface area (Å²) < 4.78 is 13.2. The van der Waals surface area contributed by atoms with Crippen LogP contribution in [0.25, 0.3) is 0 Å². The van der Waals surface area contributed by atoms with Gasteiger partial charge in [0, 0.05) is 20.6 Å². The molecule has 1 aromatic rings. The fraction of sp³-hybridized carbons (Fsp3) is 0.538. The third-order valence-corrected chi connectivity index (χ3v) is 2.77. The van der Waals surface area contributed by atoms with Crippen molar-refractivity contribution in [2.45, 2.75) is 26.2 Å². The van der Waals surface area contributed by atoms with Crippen molar-refractivity contribution in [3.8, 4) is 0 Å². The van der Waals surface area contributed by atoms with E-state index < -0.39 is 5.82 Å². The highest BCUT2D eigenvalue weighted by molar-refractivity contribution is 5.98. The standard InChI is InChI=1S/C13H20FN3O/c1-4-5-6-7-17(3)13(18)11-8-10(14)9-16-12(11)15-2/h8-9H,4-7H2,1-3H3,(H,15,16). The molecule has 0 spiro atoms. The van der Waals surface area contributed by atoms with E-state index in [0.29, 0.717) is 12.4 Å². The molecule has 0 aromatic carbocycles. The predicted molar refractivity (Wildman–Crippen MR) is 70.2 cm³/mol. The van der Waals surface area contributed by atoms with Crippen LogP contribution < -0.4 is 5.32 Å². The van der Waals surface area contributed by atoms with Gasteiger partial charge in [0.05, 0.1) is 11.8 Å². The molecule has 100 valence electrons. The van der Waals surface area contributed by atoms with E-state index in [2.05, 4.69) is 17.2 Å². The molecule has 5 heteroatoms. The van der Waals surface area contributed by atoms with Crippen LogP contribution >= 0.6 is 0 Å². The number of rotatable bonds is 6. The quantitative estimate of drug-likeness (QED) is 0.792. The highest BCUT2D eigenvalue weighted by Crippen LogP contribution is 2.15. The number of pyridine rings is 1. The number of hydrogen-bond acceptors (Lipinski definition) is 3. The summed E-state index contributed by atoms with van der Waals surface area (Å²) in [4.78, 5) is 17.6. The first kappa shape index (κ1) is 14.4. The summed E-state index contributed by atoms with van der Waals surface area (Å²) in [7, 11) is 3.39. The lowest BCUT2D eigenvalue weighted by Gasteiger charge is -2.18. The maximum atomic E-state index is 13.2. The van der Waals surface area contributed by atoms with Gasteiger partial charge in [-0.1, -0.05) is 19.8 Å². The molecule has 0 saturated heterocycles. The second-order valence-corrected chi connectivity index (χ2v) is 4.23. The van der Waals surface area contributed by atoms with Gasteiger partial charge < -0.3 is 10.2 Å². The number of carbonyl (C=O) groups excluding carboxylic acids is 1. The van der Waals surface area contributed by atoms with Crippen molar-refractivity contribution in [1.82, 2.24) is 9.88 Å². The van der Waals surface area contributed by atoms with E-state index in [1.807, 2.05) is 0 Å². The minimum Gasteiger partial charge on any atom is -0.372 e. The molecule has 18 heavy (non-hydrogen) atoms. The topological polar surface area (TPSA) is 45.2 Å². The Balaban J connectivity index is 2.79. The number of unbranched alkanes of at least 4 members (excludes halogenated alkanes) is 2. The van der Waals surface area contributed by atoms with Crippen molar-refractivity contribution >= 4 is 11.7 Å². The number of amides is 1. The molecule has 1 N–H and O–H groups in total. The fourth-order valence-corrected chi connectivity index (χ4v) is 1.71. The van der Waals surface area contributed by atoms with Gasteiger partial charge in [0.2, 0.25) is 0 Å². The molecule has 0 saturated carbocycles. The van der Waals surface area contributed by atoms with E-state index in [9.17, 15) is 9.18 Å². The van der Waals surface area contributed by atoms with Crippen LogP contribution in [0.15, 0.2) is 12.3 Å². The van der Waals surface area contributed by atoms with Crippen molar-refractivity contribution in [3.63, 3.8) is 0 Å². The van der Waals surface area contributed by atoms with Gasteiger partial charge >= 0.3 is 0 Å². The van der Waals surface area contributed by atoms with E-state index in [-0.39, 0.29) is 11.5 Å². The predicted octanol–water partition coefficient (Wildman–Crippen LogP) is 2.52. The molecule has 1 heterocycles. The molecule has 1 rings (SSSR count). The lowest BCUT2D eigenvalue weighted by Crippen LogP contribution is -2.28. The van der Waals surface area contributed by atoms with Crippen molar-refractivity contribution in [2.75, 3.05) is 26.0 Å². The van der Waals surface area contributed by atoms with Crippen LogP contribution in [0.3, 0.4) is 0 Å². The number of carbonyl (C=O) groups is 1. The maximum absolute atomic E-state index is 13.2. The van der Waals surface area contributed by atoms with E-state index in [1.54, 1.807) is 19.0 Å². The first-order chi connectivity index (χ1) is 8.60. The lowest BCUT2D eigenvalue weighted by atomic mass is 10.2. The average Bonchev–Trinajstić information content (AvgIpc) is 2.38. The summed E-state index contributed by atoms with van der Waals surface area (Å²) in [6.07, 6.45) is 4.24. The molecular formula is C13H20FN3O. The van der Waals surface area contributed by atoms with Crippen molar-refractivity contribution in [1.29, 1.82) is 0 Å². The van der Waals surface area contributed by atoms with E-state index in [1.165, 1.54) is 6.07 Å². The molecule has 0 aliphatic carbocycles. The normalized spacial score (nSPS) is 10.2. The van der Waals surface area contributed by atoms with E-state index >= 15 is 0 Å². The Hall–Kier alpha value is -1.65. The Morgan fingerprint density at radius 1 is 1.50 bits per heavy atom. The van der Waals surface area contributed by atoms with E-state index in [4.69, 9.17) is 0 Å².